The zero-order valence-corrected chi connectivity index (χ0v) is 11.1. The van der Waals surface area contributed by atoms with Gasteiger partial charge in [-0.3, -0.25) is 4.79 Å². The van der Waals surface area contributed by atoms with Crippen molar-refractivity contribution in [1.82, 2.24) is 0 Å². The van der Waals surface area contributed by atoms with E-state index in [0.29, 0.717) is 5.78 Å². The molecule has 1 unspecified atom stereocenters. The Hall–Kier alpha value is -0.850. The van der Waals surface area contributed by atoms with Crippen molar-refractivity contribution >= 4 is 5.78 Å². The molecule has 0 radical (unpaired) electrons. The van der Waals surface area contributed by atoms with Crippen molar-refractivity contribution in [3.8, 4) is 0 Å². The third-order valence-electron chi connectivity index (χ3n) is 5.92. The standard InChI is InChI=1S/C17H22O/c18-13-6-9-15-12(10-13)5-8-16-14-3-1-2-11(14)4-7-17(15)16/h10-11,14,16H,1-9H2/t11?,14-,16+/m1/s1. The van der Waals surface area contributed by atoms with E-state index in [4.69, 9.17) is 0 Å². The normalized spacial score (nSPS) is 39.0. The number of carbonyl (C=O) groups is 1. The van der Waals surface area contributed by atoms with Crippen LogP contribution in [-0.4, -0.2) is 5.78 Å². The summed E-state index contributed by atoms with van der Waals surface area (Å²) in [5.41, 5.74) is 4.81. The summed E-state index contributed by atoms with van der Waals surface area (Å²) in [7, 11) is 0. The molecule has 0 bridgehead atoms. The van der Waals surface area contributed by atoms with E-state index < -0.39 is 0 Å². The van der Waals surface area contributed by atoms with Crippen LogP contribution in [0.2, 0.25) is 0 Å². The minimum Gasteiger partial charge on any atom is -0.295 e. The third kappa shape index (κ3) is 1.56. The number of hydrogen-bond acceptors (Lipinski definition) is 1. The van der Waals surface area contributed by atoms with Gasteiger partial charge in [-0.1, -0.05) is 18.4 Å². The lowest BCUT2D eigenvalue weighted by molar-refractivity contribution is -0.114. The summed E-state index contributed by atoms with van der Waals surface area (Å²) in [5, 5.41) is 0. The van der Waals surface area contributed by atoms with E-state index in [1.54, 1.807) is 11.1 Å². The van der Waals surface area contributed by atoms with E-state index in [1.165, 1.54) is 50.5 Å². The van der Waals surface area contributed by atoms with Crippen molar-refractivity contribution in [3.63, 3.8) is 0 Å². The van der Waals surface area contributed by atoms with Crippen LogP contribution in [0.15, 0.2) is 22.8 Å². The first-order valence-electron chi connectivity index (χ1n) is 7.78. The fraction of sp³-hybridized carbons (Fsp3) is 0.706. The van der Waals surface area contributed by atoms with E-state index in [9.17, 15) is 4.79 Å². The minimum atomic E-state index is 0.363. The van der Waals surface area contributed by atoms with Crippen LogP contribution in [0.5, 0.6) is 0 Å². The van der Waals surface area contributed by atoms with Gasteiger partial charge in [-0.05, 0) is 73.5 Å². The smallest absolute Gasteiger partial charge is 0.156 e. The van der Waals surface area contributed by atoms with Gasteiger partial charge in [-0.2, -0.15) is 0 Å². The van der Waals surface area contributed by atoms with E-state index in [0.717, 1.165) is 30.6 Å². The van der Waals surface area contributed by atoms with Crippen LogP contribution in [0.1, 0.15) is 57.8 Å². The summed E-state index contributed by atoms with van der Waals surface area (Å²) in [4.78, 5) is 11.6. The highest BCUT2D eigenvalue weighted by molar-refractivity contribution is 5.93. The lowest BCUT2D eigenvalue weighted by Gasteiger charge is -2.42. The summed E-state index contributed by atoms with van der Waals surface area (Å²) in [6.07, 6.45) is 13.5. The van der Waals surface area contributed by atoms with Gasteiger partial charge in [0.1, 0.15) is 0 Å². The average molecular weight is 242 g/mol. The first-order valence-corrected chi connectivity index (χ1v) is 7.78. The van der Waals surface area contributed by atoms with Gasteiger partial charge in [0, 0.05) is 6.42 Å². The van der Waals surface area contributed by atoms with Crippen LogP contribution < -0.4 is 0 Å². The van der Waals surface area contributed by atoms with Crippen molar-refractivity contribution in [2.45, 2.75) is 57.8 Å². The Morgan fingerprint density at radius 1 is 0.944 bits per heavy atom. The number of rotatable bonds is 0. The average Bonchev–Trinajstić information content (AvgIpc) is 2.86. The first-order chi connectivity index (χ1) is 8.83. The maximum atomic E-state index is 11.6. The van der Waals surface area contributed by atoms with Crippen molar-refractivity contribution in [2.24, 2.45) is 17.8 Å². The van der Waals surface area contributed by atoms with Gasteiger partial charge in [0.15, 0.2) is 5.78 Å². The molecule has 2 saturated carbocycles. The van der Waals surface area contributed by atoms with Crippen LogP contribution in [0.3, 0.4) is 0 Å². The Balaban J connectivity index is 1.74. The van der Waals surface area contributed by atoms with Crippen LogP contribution in [0.4, 0.5) is 0 Å². The Morgan fingerprint density at radius 3 is 2.83 bits per heavy atom. The van der Waals surface area contributed by atoms with Gasteiger partial charge in [-0.25, -0.2) is 0 Å². The summed E-state index contributed by atoms with van der Waals surface area (Å²) < 4.78 is 0. The van der Waals surface area contributed by atoms with E-state index >= 15 is 0 Å². The number of carbonyl (C=O) groups excluding carboxylic acids is 1. The monoisotopic (exact) mass is 242 g/mol. The quantitative estimate of drug-likeness (QED) is 0.622. The van der Waals surface area contributed by atoms with Crippen molar-refractivity contribution < 1.29 is 4.79 Å². The second kappa shape index (κ2) is 4.08. The largest absolute Gasteiger partial charge is 0.295 e. The molecule has 1 nitrogen and oxygen atoms in total. The SMILES string of the molecule is O=C1C=C2CC[C@@H]3C(=C2CC1)CCC1CCC[C@H]13. The van der Waals surface area contributed by atoms with Crippen LogP contribution >= 0.6 is 0 Å². The molecule has 0 amide bonds. The molecule has 0 aromatic carbocycles. The second-order valence-corrected chi connectivity index (χ2v) is 6.68. The van der Waals surface area contributed by atoms with Gasteiger partial charge in [-0.15, -0.1) is 0 Å². The second-order valence-electron chi connectivity index (χ2n) is 6.68. The molecule has 0 heterocycles. The molecule has 1 heteroatoms. The molecule has 4 aliphatic carbocycles. The van der Waals surface area contributed by atoms with Gasteiger partial charge in [0.2, 0.25) is 0 Å². The fourth-order valence-electron chi connectivity index (χ4n) is 5.16. The fourth-order valence-corrected chi connectivity index (χ4v) is 5.16. The Labute approximate surface area is 109 Å². The Kier molecular flexibility index (Phi) is 2.50. The molecule has 0 aromatic heterocycles. The number of hydrogen-bond donors (Lipinski definition) is 0. The summed E-state index contributed by atoms with van der Waals surface area (Å²) in [6.45, 7) is 0. The van der Waals surface area contributed by atoms with Gasteiger partial charge in [0.25, 0.3) is 0 Å². The molecule has 4 aliphatic rings. The number of allylic oxidation sites excluding steroid dienone is 4. The molecule has 0 saturated heterocycles. The lowest BCUT2D eigenvalue weighted by Crippen LogP contribution is -2.30. The predicted molar refractivity (Wildman–Crippen MR) is 72.1 cm³/mol. The number of ketones is 1. The molecule has 0 aromatic rings. The maximum Gasteiger partial charge on any atom is 0.156 e. The summed E-state index contributed by atoms with van der Waals surface area (Å²) >= 11 is 0. The molecule has 2 fully saturated rings. The molecule has 4 rings (SSSR count). The van der Waals surface area contributed by atoms with E-state index in [1.807, 2.05) is 6.08 Å². The highest BCUT2D eigenvalue weighted by atomic mass is 16.1. The number of fused-ring (bicyclic) bond motifs is 4. The topological polar surface area (TPSA) is 17.1 Å². The Morgan fingerprint density at radius 2 is 1.89 bits per heavy atom. The molecule has 0 spiro atoms. The van der Waals surface area contributed by atoms with Gasteiger partial charge < -0.3 is 0 Å². The Bertz CT molecular complexity index is 454. The molecule has 96 valence electrons. The molecule has 18 heavy (non-hydrogen) atoms. The highest BCUT2D eigenvalue weighted by Gasteiger charge is 2.41. The third-order valence-corrected chi connectivity index (χ3v) is 5.92. The predicted octanol–water partition coefficient (Wildman–Crippen LogP) is 4.19. The van der Waals surface area contributed by atoms with Crippen molar-refractivity contribution in [2.75, 3.05) is 0 Å². The van der Waals surface area contributed by atoms with Crippen LogP contribution in [0, 0.1) is 17.8 Å². The summed E-state index contributed by atoms with van der Waals surface area (Å²) in [5.74, 6) is 3.30. The van der Waals surface area contributed by atoms with E-state index in [-0.39, 0.29) is 0 Å². The van der Waals surface area contributed by atoms with Crippen LogP contribution in [-0.2, 0) is 4.79 Å². The van der Waals surface area contributed by atoms with Crippen molar-refractivity contribution in [1.29, 1.82) is 0 Å². The molecule has 0 N–H and O–H groups in total. The van der Waals surface area contributed by atoms with Crippen LogP contribution in [0.25, 0.3) is 0 Å². The summed E-state index contributed by atoms with van der Waals surface area (Å²) in [6, 6.07) is 0. The molecular formula is C17H22O. The van der Waals surface area contributed by atoms with Gasteiger partial charge in [0.05, 0.1) is 0 Å². The minimum absolute atomic E-state index is 0.363. The zero-order chi connectivity index (χ0) is 12.1. The molecular weight excluding hydrogens is 220 g/mol. The molecule has 3 atom stereocenters. The van der Waals surface area contributed by atoms with Gasteiger partial charge >= 0.3 is 0 Å². The zero-order valence-electron chi connectivity index (χ0n) is 11.1. The highest BCUT2D eigenvalue weighted by Crippen LogP contribution is 2.54. The molecule has 0 aliphatic heterocycles. The lowest BCUT2D eigenvalue weighted by atomic mass is 9.63. The first kappa shape index (κ1) is 11.0. The maximum absolute atomic E-state index is 11.6. The van der Waals surface area contributed by atoms with Crippen molar-refractivity contribution in [3.05, 3.63) is 22.8 Å². The van der Waals surface area contributed by atoms with E-state index in [2.05, 4.69) is 0 Å².